The number of benzene rings is 3. The second-order valence-electron chi connectivity index (χ2n) is 6.86. The average molecular weight is 353 g/mol. The first-order valence-corrected chi connectivity index (χ1v) is 9.10. The molecule has 0 fully saturated rings. The van der Waals surface area contributed by atoms with Crippen LogP contribution >= 0.6 is 0 Å². The fraction of sp³-hybridized carbons (Fsp3) is 0.125. The average Bonchev–Trinajstić information content (AvgIpc) is 3.06. The number of anilines is 1. The van der Waals surface area contributed by atoms with Crippen LogP contribution in [-0.4, -0.2) is 23.6 Å². The van der Waals surface area contributed by atoms with Gasteiger partial charge in [-0.15, -0.1) is 0 Å². The van der Waals surface area contributed by atoms with E-state index in [1.54, 1.807) is 0 Å². The number of rotatable bonds is 4. The molecule has 0 radical (unpaired) electrons. The maximum absolute atomic E-state index is 5.05. The quantitative estimate of drug-likeness (QED) is 0.484. The van der Waals surface area contributed by atoms with E-state index in [4.69, 9.17) is 4.98 Å². The Hall–Kier alpha value is -3.33. The molecule has 0 saturated heterocycles. The lowest BCUT2D eigenvalue weighted by atomic mass is 10.1. The third-order valence-corrected chi connectivity index (χ3v) is 4.83. The summed E-state index contributed by atoms with van der Waals surface area (Å²) in [6, 6.07) is 29.4. The molecule has 1 aromatic heterocycles. The molecule has 0 N–H and O–H groups in total. The number of imidazole rings is 1. The van der Waals surface area contributed by atoms with Gasteiger partial charge in [0.25, 0.3) is 0 Å². The Morgan fingerprint density at radius 3 is 1.78 bits per heavy atom. The minimum atomic E-state index is 0.970. The van der Waals surface area contributed by atoms with Gasteiger partial charge in [0.05, 0.1) is 11.4 Å². The molecular weight excluding hydrogens is 330 g/mol. The summed E-state index contributed by atoms with van der Waals surface area (Å²) in [6.45, 7) is 0. The lowest BCUT2D eigenvalue weighted by Gasteiger charge is -2.13. The highest BCUT2D eigenvalue weighted by Crippen LogP contribution is 2.35. The van der Waals surface area contributed by atoms with Crippen molar-refractivity contribution >= 4 is 5.69 Å². The summed E-state index contributed by atoms with van der Waals surface area (Å²) in [7, 11) is 6.20. The molecule has 0 spiro atoms. The van der Waals surface area contributed by atoms with Crippen molar-refractivity contribution in [1.82, 2.24) is 9.55 Å². The molecule has 0 aliphatic rings. The molecule has 0 aliphatic carbocycles. The van der Waals surface area contributed by atoms with Crippen molar-refractivity contribution < 1.29 is 0 Å². The van der Waals surface area contributed by atoms with E-state index in [0.717, 1.165) is 28.3 Å². The molecule has 0 bridgehead atoms. The van der Waals surface area contributed by atoms with E-state index in [0.29, 0.717) is 0 Å². The second-order valence-corrected chi connectivity index (χ2v) is 6.86. The first kappa shape index (κ1) is 17.1. The van der Waals surface area contributed by atoms with Gasteiger partial charge in [-0.3, -0.25) is 0 Å². The Morgan fingerprint density at radius 2 is 1.22 bits per heavy atom. The second kappa shape index (κ2) is 7.12. The van der Waals surface area contributed by atoms with Crippen LogP contribution in [0.5, 0.6) is 0 Å². The summed E-state index contributed by atoms with van der Waals surface area (Å²) >= 11 is 0. The largest absolute Gasteiger partial charge is 0.378 e. The summed E-state index contributed by atoms with van der Waals surface area (Å²) in [5.74, 6) is 0.970. The maximum atomic E-state index is 5.05. The summed E-state index contributed by atoms with van der Waals surface area (Å²) in [6.07, 6.45) is 0. The summed E-state index contributed by atoms with van der Waals surface area (Å²) in [5.41, 5.74) is 6.73. The lowest BCUT2D eigenvalue weighted by molar-refractivity contribution is 0.933. The molecule has 4 aromatic rings. The molecular formula is C24H23N3. The van der Waals surface area contributed by atoms with Crippen molar-refractivity contribution in [2.45, 2.75) is 0 Å². The highest BCUT2D eigenvalue weighted by molar-refractivity contribution is 5.82. The summed E-state index contributed by atoms with van der Waals surface area (Å²) in [5, 5.41) is 0. The van der Waals surface area contributed by atoms with E-state index in [1.807, 2.05) is 12.1 Å². The van der Waals surface area contributed by atoms with E-state index < -0.39 is 0 Å². The third-order valence-electron chi connectivity index (χ3n) is 4.83. The zero-order valence-corrected chi connectivity index (χ0v) is 15.9. The molecule has 0 amide bonds. The van der Waals surface area contributed by atoms with Crippen molar-refractivity contribution in [3.8, 4) is 33.9 Å². The smallest absolute Gasteiger partial charge is 0.140 e. The highest BCUT2D eigenvalue weighted by atomic mass is 15.1. The molecule has 27 heavy (non-hydrogen) atoms. The Morgan fingerprint density at radius 1 is 0.667 bits per heavy atom. The van der Waals surface area contributed by atoms with Crippen molar-refractivity contribution in [1.29, 1.82) is 0 Å². The van der Waals surface area contributed by atoms with Gasteiger partial charge in [0.2, 0.25) is 0 Å². The monoisotopic (exact) mass is 353 g/mol. The normalized spacial score (nSPS) is 10.8. The van der Waals surface area contributed by atoms with E-state index in [1.165, 1.54) is 11.3 Å². The molecule has 0 aliphatic heterocycles. The van der Waals surface area contributed by atoms with Gasteiger partial charge < -0.3 is 9.47 Å². The maximum Gasteiger partial charge on any atom is 0.140 e. The Kier molecular flexibility index (Phi) is 4.51. The van der Waals surface area contributed by atoms with Crippen LogP contribution in [0.3, 0.4) is 0 Å². The molecule has 3 nitrogen and oxygen atoms in total. The predicted octanol–water partition coefficient (Wildman–Crippen LogP) is 5.49. The van der Waals surface area contributed by atoms with Gasteiger partial charge in [0.15, 0.2) is 0 Å². The number of nitrogens with zero attached hydrogens (tertiary/aromatic N) is 3. The summed E-state index contributed by atoms with van der Waals surface area (Å²) < 4.78 is 2.20. The van der Waals surface area contributed by atoms with Crippen LogP contribution in [0.25, 0.3) is 33.9 Å². The molecule has 3 aromatic carbocycles. The molecule has 0 atom stereocenters. The van der Waals surface area contributed by atoms with Crippen molar-refractivity contribution in [2.24, 2.45) is 7.05 Å². The lowest BCUT2D eigenvalue weighted by Crippen LogP contribution is -2.08. The zero-order valence-electron chi connectivity index (χ0n) is 15.9. The minimum Gasteiger partial charge on any atom is -0.378 e. The molecule has 1 heterocycles. The predicted molar refractivity (Wildman–Crippen MR) is 114 cm³/mol. The summed E-state index contributed by atoms with van der Waals surface area (Å²) in [4.78, 5) is 7.15. The Bertz CT molecular complexity index is 1030. The van der Waals surface area contributed by atoms with Crippen LogP contribution in [0.4, 0.5) is 5.69 Å². The van der Waals surface area contributed by atoms with E-state index in [2.05, 4.69) is 103 Å². The highest BCUT2D eigenvalue weighted by Gasteiger charge is 2.18. The minimum absolute atomic E-state index is 0.970. The van der Waals surface area contributed by atoms with Crippen molar-refractivity contribution in [3.05, 3.63) is 84.9 Å². The van der Waals surface area contributed by atoms with Crippen LogP contribution in [0.2, 0.25) is 0 Å². The number of hydrogen-bond acceptors (Lipinski definition) is 2. The van der Waals surface area contributed by atoms with Gasteiger partial charge in [-0.05, 0) is 24.3 Å². The molecule has 0 saturated carbocycles. The van der Waals surface area contributed by atoms with E-state index in [-0.39, 0.29) is 0 Å². The first-order valence-electron chi connectivity index (χ1n) is 9.10. The van der Waals surface area contributed by atoms with Crippen molar-refractivity contribution in [3.63, 3.8) is 0 Å². The third kappa shape index (κ3) is 3.24. The van der Waals surface area contributed by atoms with E-state index in [9.17, 15) is 0 Å². The standard InChI is InChI=1S/C24H23N3/c1-26(2)21-16-14-20(15-17-21)24-25-22(18-10-6-4-7-11-18)23(27(24)3)19-12-8-5-9-13-19/h4-17H,1-3H3. The fourth-order valence-corrected chi connectivity index (χ4v) is 3.39. The van der Waals surface area contributed by atoms with Crippen LogP contribution in [0.1, 0.15) is 0 Å². The number of aromatic nitrogens is 2. The van der Waals surface area contributed by atoms with Crippen LogP contribution < -0.4 is 4.90 Å². The van der Waals surface area contributed by atoms with Crippen LogP contribution in [-0.2, 0) is 7.05 Å². The van der Waals surface area contributed by atoms with Gasteiger partial charge in [-0.2, -0.15) is 0 Å². The Labute approximate surface area is 160 Å². The van der Waals surface area contributed by atoms with Crippen LogP contribution in [0, 0.1) is 0 Å². The number of hydrogen-bond donors (Lipinski definition) is 0. The molecule has 134 valence electrons. The van der Waals surface area contributed by atoms with Crippen molar-refractivity contribution in [2.75, 3.05) is 19.0 Å². The Balaban J connectivity index is 1.90. The first-order chi connectivity index (χ1) is 13.1. The van der Waals surface area contributed by atoms with Gasteiger partial charge in [-0.25, -0.2) is 4.98 Å². The zero-order chi connectivity index (χ0) is 18.8. The molecule has 0 unspecified atom stereocenters. The fourth-order valence-electron chi connectivity index (χ4n) is 3.39. The van der Waals surface area contributed by atoms with E-state index >= 15 is 0 Å². The van der Waals surface area contributed by atoms with Gasteiger partial charge in [0.1, 0.15) is 5.82 Å². The molecule has 4 rings (SSSR count). The molecule has 3 heteroatoms. The van der Waals surface area contributed by atoms with Gasteiger partial charge in [0, 0.05) is 43.5 Å². The van der Waals surface area contributed by atoms with Crippen LogP contribution in [0.15, 0.2) is 84.9 Å². The van der Waals surface area contributed by atoms with Gasteiger partial charge >= 0.3 is 0 Å². The SMILES string of the molecule is CN(C)c1ccc(-c2nc(-c3ccccc3)c(-c3ccccc3)n2C)cc1. The van der Waals surface area contributed by atoms with Gasteiger partial charge in [-0.1, -0.05) is 60.7 Å². The topological polar surface area (TPSA) is 21.1 Å².